The van der Waals surface area contributed by atoms with Gasteiger partial charge < -0.3 is 15.0 Å². The summed E-state index contributed by atoms with van der Waals surface area (Å²) in [6.07, 6.45) is 0.325. The molecule has 0 spiro atoms. The van der Waals surface area contributed by atoms with E-state index in [1.165, 1.54) is 30.2 Å². The second kappa shape index (κ2) is 13.4. The lowest BCUT2D eigenvalue weighted by Gasteiger charge is -2.35. The fourth-order valence-corrected chi connectivity index (χ4v) is 5.96. The molecule has 0 aliphatic carbocycles. The summed E-state index contributed by atoms with van der Waals surface area (Å²) < 4.78 is 34.5. The zero-order valence-corrected chi connectivity index (χ0v) is 25.9. The zero-order valence-electron chi connectivity index (χ0n) is 24.3. The van der Waals surface area contributed by atoms with Gasteiger partial charge in [-0.1, -0.05) is 66.6 Å². The van der Waals surface area contributed by atoms with Gasteiger partial charge in [-0.25, -0.2) is 8.42 Å². The molecule has 8 nitrogen and oxygen atoms in total. The van der Waals surface area contributed by atoms with Crippen molar-refractivity contribution in [3.05, 3.63) is 88.9 Å². The van der Waals surface area contributed by atoms with Gasteiger partial charge in [0, 0.05) is 17.1 Å². The highest BCUT2D eigenvalue weighted by molar-refractivity contribution is 7.92. The maximum absolute atomic E-state index is 14.2. The van der Waals surface area contributed by atoms with E-state index in [9.17, 15) is 18.0 Å². The van der Waals surface area contributed by atoms with E-state index in [0.29, 0.717) is 6.42 Å². The Morgan fingerprint density at radius 1 is 1.00 bits per heavy atom. The monoisotopic (exact) mass is 599 g/mol. The maximum atomic E-state index is 14.2. The van der Waals surface area contributed by atoms with Crippen LogP contribution in [-0.4, -0.2) is 50.4 Å². The van der Waals surface area contributed by atoms with Crippen LogP contribution in [0.5, 0.6) is 5.75 Å². The second-order valence-corrected chi connectivity index (χ2v) is 13.1. The molecule has 2 amide bonds. The van der Waals surface area contributed by atoms with Gasteiger partial charge in [-0.2, -0.15) is 0 Å². The molecular weight excluding hydrogens is 562 g/mol. The van der Waals surface area contributed by atoms with Gasteiger partial charge in [0.1, 0.15) is 18.3 Å². The smallest absolute Gasteiger partial charge is 0.264 e. The number of sulfonamides is 1. The molecule has 220 valence electrons. The average molecular weight is 600 g/mol. The standard InChI is InChI=1S/C31H38ClN3O5S/c1-7-26(30(37)33-31(3,4)5)34(20-23-15-13-22(2)14-16-23)29(36)21-35(27-19-24(32)17-18-28(27)40-6)41(38,39)25-11-9-8-10-12-25/h8-19,26H,7,20-21H2,1-6H3,(H,33,37). The van der Waals surface area contributed by atoms with Crippen LogP contribution in [-0.2, 0) is 26.2 Å². The third kappa shape index (κ3) is 8.24. The fourth-order valence-electron chi connectivity index (χ4n) is 4.35. The minimum atomic E-state index is -4.25. The lowest BCUT2D eigenvalue weighted by atomic mass is 10.1. The van der Waals surface area contributed by atoms with Crippen LogP contribution in [0.3, 0.4) is 0 Å². The third-order valence-corrected chi connectivity index (χ3v) is 8.39. The summed E-state index contributed by atoms with van der Waals surface area (Å²) in [6, 6.07) is 19.2. The van der Waals surface area contributed by atoms with Crippen molar-refractivity contribution < 1.29 is 22.7 Å². The Morgan fingerprint density at radius 3 is 2.20 bits per heavy atom. The first-order valence-electron chi connectivity index (χ1n) is 13.3. The van der Waals surface area contributed by atoms with Crippen molar-refractivity contribution in [1.29, 1.82) is 0 Å². The number of nitrogens with zero attached hydrogens (tertiary/aromatic N) is 2. The molecule has 0 bridgehead atoms. The Bertz CT molecular complexity index is 1460. The molecule has 3 rings (SSSR count). The molecule has 0 heterocycles. The predicted molar refractivity (Wildman–Crippen MR) is 163 cm³/mol. The minimum absolute atomic E-state index is 0.00238. The third-order valence-electron chi connectivity index (χ3n) is 6.38. The molecular formula is C31H38ClN3O5S. The van der Waals surface area contributed by atoms with Crippen molar-refractivity contribution in [3.8, 4) is 5.75 Å². The number of halogens is 1. The summed E-state index contributed by atoms with van der Waals surface area (Å²) >= 11 is 6.28. The Labute approximate surface area is 248 Å². The van der Waals surface area contributed by atoms with Crippen molar-refractivity contribution in [2.45, 2.75) is 64.1 Å². The van der Waals surface area contributed by atoms with E-state index in [1.54, 1.807) is 30.3 Å². The quantitative estimate of drug-likeness (QED) is 0.311. The van der Waals surface area contributed by atoms with E-state index < -0.39 is 34.1 Å². The first-order chi connectivity index (χ1) is 19.3. The predicted octanol–water partition coefficient (Wildman–Crippen LogP) is 5.57. The first-order valence-corrected chi connectivity index (χ1v) is 15.2. The number of aryl methyl sites for hydroxylation is 1. The molecule has 41 heavy (non-hydrogen) atoms. The molecule has 1 atom stereocenters. The van der Waals surface area contributed by atoms with Crippen LogP contribution < -0.4 is 14.4 Å². The summed E-state index contributed by atoms with van der Waals surface area (Å²) in [4.78, 5) is 29.1. The van der Waals surface area contributed by atoms with Crippen molar-refractivity contribution in [2.24, 2.45) is 0 Å². The average Bonchev–Trinajstić information content (AvgIpc) is 2.92. The topological polar surface area (TPSA) is 96.0 Å². The highest BCUT2D eigenvalue weighted by atomic mass is 35.5. The highest BCUT2D eigenvalue weighted by Gasteiger charge is 2.35. The molecule has 0 saturated carbocycles. The second-order valence-electron chi connectivity index (χ2n) is 10.8. The highest BCUT2D eigenvalue weighted by Crippen LogP contribution is 2.35. The number of benzene rings is 3. The lowest BCUT2D eigenvalue weighted by Crippen LogP contribution is -2.55. The van der Waals surface area contributed by atoms with Crippen molar-refractivity contribution >= 4 is 39.1 Å². The number of rotatable bonds is 11. The van der Waals surface area contributed by atoms with E-state index in [0.717, 1.165) is 15.4 Å². The van der Waals surface area contributed by atoms with E-state index in [1.807, 2.05) is 58.9 Å². The number of anilines is 1. The minimum Gasteiger partial charge on any atom is -0.495 e. The normalized spacial score (nSPS) is 12.4. The molecule has 0 aliphatic rings. The van der Waals surface area contributed by atoms with Crippen LogP contribution in [0.15, 0.2) is 77.7 Å². The Kier molecular flexibility index (Phi) is 10.4. The van der Waals surface area contributed by atoms with Crippen molar-refractivity contribution in [1.82, 2.24) is 10.2 Å². The number of amides is 2. The van der Waals surface area contributed by atoms with Gasteiger partial charge in [-0.15, -0.1) is 0 Å². The number of hydrogen-bond acceptors (Lipinski definition) is 5. The molecule has 10 heteroatoms. The Balaban J connectivity index is 2.12. The Morgan fingerprint density at radius 2 is 1.63 bits per heavy atom. The van der Waals surface area contributed by atoms with Gasteiger partial charge in [-0.05, 0) is 70.0 Å². The van der Waals surface area contributed by atoms with Gasteiger partial charge in [0.15, 0.2) is 0 Å². The molecule has 0 aromatic heterocycles. The Hall–Kier alpha value is -3.56. The summed E-state index contributed by atoms with van der Waals surface area (Å²) in [6.45, 7) is 8.90. The van der Waals surface area contributed by atoms with Crippen LogP contribution in [0.2, 0.25) is 5.02 Å². The van der Waals surface area contributed by atoms with Gasteiger partial charge in [0.05, 0.1) is 17.7 Å². The summed E-state index contributed by atoms with van der Waals surface area (Å²) in [5.41, 5.74) is 1.45. The van der Waals surface area contributed by atoms with E-state index in [2.05, 4.69) is 5.32 Å². The van der Waals surface area contributed by atoms with Crippen LogP contribution in [0.4, 0.5) is 5.69 Å². The molecule has 3 aromatic carbocycles. The van der Waals surface area contributed by atoms with Gasteiger partial charge >= 0.3 is 0 Å². The maximum Gasteiger partial charge on any atom is 0.264 e. The van der Waals surface area contributed by atoms with Crippen LogP contribution >= 0.6 is 11.6 Å². The number of ether oxygens (including phenoxy) is 1. The van der Waals surface area contributed by atoms with Crippen LogP contribution in [0, 0.1) is 6.92 Å². The number of carbonyl (C=O) groups is 2. The SMILES string of the molecule is CCC(C(=O)NC(C)(C)C)N(Cc1ccc(C)cc1)C(=O)CN(c1cc(Cl)ccc1OC)S(=O)(=O)c1ccccc1. The van der Waals surface area contributed by atoms with E-state index >= 15 is 0 Å². The summed E-state index contributed by atoms with van der Waals surface area (Å²) in [5, 5.41) is 3.24. The molecule has 0 fully saturated rings. The van der Waals surface area contributed by atoms with Gasteiger partial charge in [0.2, 0.25) is 11.8 Å². The molecule has 0 saturated heterocycles. The molecule has 0 radical (unpaired) electrons. The molecule has 0 aliphatic heterocycles. The fraction of sp³-hybridized carbons (Fsp3) is 0.355. The summed E-state index contributed by atoms with van der Waals surface area (Å²) in [5.74, 6) is -0.648. The molecule has 3 aromatic rings. The lowest BCUT2D eigenvalue weighted by molar-refractivity contribution is -0.141. The van der Waals surface area contributed by atoms with Gasteiger partial charge in [0.25, 0.3) is 10.0 Å². The van der Waals surface area contributed by atoms with Crippen LogP contribution in [0.1, 0.15) is 45.2 Å². The number of methoxy groups -OCH3 is 1. The number of carbonyl (C=O) groups excluding carboxylic acids is 2. The largest absolute Gasteiger partial charge is 0.495 e. The van der Waals surface area contributed by atoms with E-state index in [4.69, 9.17) is 16.3 Å². The van der Waals surface area contributed by atoms with Gasteiger partial charge in [-0.3, -0.25) is 13.9 Å². The summed E-state index contributed by atoms with van der Waals surface area (Å²) in [7, 11) is -2.83. The van der Waals surface area contributed by atoms with E-state index in [-0.39, 0.29) is 33.8 Å². The van der Waals surface area contributed by atoms with Crippen molar-refractivity contribution in [2.75, 3.05) is 18.0 Å². The zero-order chi connectivity index (χ0) is 30.4. The first kappa shape index (κ1) is 32.0. The number of nitrogens with one attached hydrogen (secondary N) is 1. The van der Waals surface area contributed by atoms with Crippen LogP contribution in [0.25, 0.3) is 0 Å². The molecule has 1 N–H and O–H groups in total. The number of hydrogen-bond donors (Lipinski definition) is 1. The van der Waals surface area contributed by atoms with Crippen molar-refractivity contribution in [3.63, 3.8) is 0 Å². The molecule has 1 unspecified atom stereocenters.